The molecule has 0 aromatic heterocycles. The highest BCUT2D eigenvalue weighted by Gasteiger charge is 2.20. The molecular weight excluding hydrogens is 196 g/mol. The minimum Gasteiger partial charge on any atom is -0.480 e. The fraction of sp³-hybridized carbons (Fsp3) is 0.600. The lowest BCUT2D eigenvalue weighted by molar-refractivity contribution is -0.138. The largest absolute Gasteiger partial charge is 0.480 e. The Morgan fingerprint density at radius 3 is 2.33 bits per heavy atom. The Morgan fingerprint density at radius 2 is 2.00 bits per heavy atom. The number of carbonyl (C=O) groups excluding carboxylic acids is 1. The molecule has 0 aromatic carbocycles. The molecule has 0 bridgehead atoms. The molecule has 2 N–H and O–H groups in total. The van der Waals surface area contributed by atoms with Crippen LogP contribution in [0.3, 0.4) is 0 Å². The average Bonchev–Trinajstić information content (AvgIpc) is 2.12. The van der Waals surface area contributed by atoms with E-state index >= 15 is 0 Å². The van der Waals surface area contributed by atoms with Crippen LogP contribution in [0.2, 0.25) is 0 Å². The quantitative estimate of drug-likeness (QED) is 0.672. The summed E-state index contributed by atoms with van der Waals surface area (Å²) in [5.41, 5.74) is 0. The molecule has 2 amide bonds. The Hall–Kier alpha value is -1.52. The summed E-state index contributed by atoms with van der Waals surface area (Å²) >= 11 is 0. The molecule has 1 atom stereocenters. The number of urea groups is 1. The first-order valence-corrected chi connectivity index (χ1v) is 4.80. The topological polar surface area (TPSA) is 69.6 Å². The van der Waals surface area contributed by atoms with Crippen LogP contribution in [-0.4, -0.2) is 40.6 Å². The van der Waals surface area contributed by atoms with Gasteiger partial charge in [0.1, 0.15) is 6.54 Å². The zero-order valence-corrected chi connectivity index (χ0v) is 9.36. The van der Waals surface area contributed by atoms with Gasteiger partial charge in [-0.25, -0.2) is 4.79 Å². The second-order valence-electron chi connectivity index (χ2n) is 3.59. The SMILES string of the molecule is C=CC(C)NC(=O)N(CC(=O)O)C(C)C. The van der Waals surface area contributed by atoms with Gasteiger partial charge in [0.25, 0.3) is 0 Å². The van der Waals surface area contributed by atoms with Gasteiger partial charge in [0, 0.05) is 12.1 Å². The lowest BCUT2D eigenvalue weighted by Gasteiger charge is -2.26. The van der Waals surface area contributed by atoms with E-state index < -0.39 is 5.97 Å². The number of amides is 2. The van der Waals surface area contributed by atoms with Crippen molar-refractivity contribution in [3.8, 4) is 0 Å². The highest BCUT2D eigenvalue weighted by molar-refractivity contribution is 5.80. The number of carbonyl (C=O) groups is 2. The fourth-order valence-electron chi connectivity index (χ4n) is 0.971. The molecule has 15 heavy (non-hydrogen) atoms. The Labute approximate surface area is 89.8 Å². The fourth-order valence-corrected chi connectivity index (χ4v) is 0.971. The van der Waals surface area contributed by atoms with Gasteiger partial charge in [-0.1, -0.05) is 6.08 Å². The second kappa shape index (κ2) is 6.06. The van der Waals surface area contributed by atoms with Crippen molar-refractivity contribution in [3.63, 3.8) is 0 Å². The zero-order chi connectivity index (χ0) is 12.0. The maximum absolute atomic E-state index is 11.6. The third kappa shape index (κ3) is 5.05. The van der Waals surface area contributed by atoms with Crippen molar-refractivity contribution in [2.75, 3.05) is 6.54 Å². The van der Waals surface area contributed by atoms with Gasteiger partial charge in [0.2, 0.25) is 0 Å². The Balaban J connectivity index is 4.42. The molecule has 0 fully saturated rings. The standard InChI is InChI=1S/C10H18N2O3/c1-5-8(4)11-10(15)12(7(2)3)6-9(13)14/h5,7-8H,1,6H2,2-4H3,(H,11,15)(H,13,14). The van der Waals surface area contributed by atoms with Gasteiger partial charge in [-0.15, -0.1) is 6.58 Å². The first kappa shape index (κ1) is 13.5. The van der Waals surface area contributed by atoms with Crippen molar-refractivity contribution in [1.29, 1.82) is 0 Å². The Kier molecular flexibility index (Phi) is 5.44. The van der Waals surface area contributed by atoms with Crippen LogP contribution in [0.4, 0.5) is 4.79 Å². The van der Waals surface area contributed by atoms with E-state index in [1.807, 2.05) is 0 Å². The molecule has 0 aliphatic rings. The molecule has 0 radical (unpaired) electrons. The van der Waals surface area contributed by atoms with Crippen LogP contribution in [0.5, 0.6) is 0 Å². The van der Waals surface area contributed by atoms with Gasteiger partial charge in [-0.2, -0.15) is 0 Å². The van der Waals surface area contributed by atoms with E-state index in [4.69, 9.17) is 5.11 Å². The summed E-state index contributed by atoms with van der Waals surface area (Å²) in [5.74, 6) is -1.02. The maximum atomic E-state index is 11.6. The van der Waals surface area contributed by atoms with Crippen molar-refractivity contribution >= 4 is 12.0 Å². The summed E-state index contributed by atoms with van der Waals surface area (Å²) in [6, 6.07) is -0.717. The Morgan fingerprint density at radius 1 is 1.47 bits per heavy atom. The predicted octanol–water partition coefficient (Wildman–Crippen LogP) is 1.07. The van der Waals surface area contributed by atoms with Gasteiger partial charge in [0.15, 0.2) is 0 Å². The van der Waals surface area contributed by atoms with Crippen LogP contribution in [0.1, 0.15) is 20.8 Å². The van der Waals surface area contributed by atoms with Crippen molar-refractivity contribution in [2.45, 2.75) is 32.9 Å². The molecule has 0 heterocycles. The van der Waals surface area contributed by atoms with E-state index in [-0.39, 0.29) is 24.7 Å². The first-order chi connectivity index (χ1) is 6.88. The summed E-state index contributed by atoms with van der Waals surface area (Å²) in [6.45, 7) is 8.53. The monoisotopic (exact) mass is 214 g/mol. The maximum Gasteiger partial charge on any atom is 0.323 e. The molecule has 0 saturated carbocycles. The lowest BCUT2D eigenvalue weighted by atomic mass is 10.3. The summed E-state index contributed by atoms with van der Waals surface area (Å²) < 4.78 is 0. The number of nitrogens with one attached hydrogen (secondary N) is 1. The van der Waals surface area contributed by atoms with Crippen LogP contribution < -0.4 is 5.32 Å². The van der Waals surface area contributed by atoms with Crippen molar-refractivity contribution < 1.29 is 14.7 Å². The van der Waals surface area contributed by atoms with Crippen molar-refractivity contribution in [2.24, 2.45) is 0 Å². The highest BCUT2D eigenvalue weighted by atomic mass is 16.4. The van der Waals surface area contributed by atoms with Crippen molar-refractivity contribution in [1.82, 2.24) is 10.2 Å². The van der Waals surface area contributed by atoms with Gasteiger partial charge in [0.05, 0.1) is 0 Å². The summed E-state index contributed by atoms with van der Waals surface area (Å²) in [4.78, 5) is 23.4. The highest BCUT2D eigenvalue weighted by Crippen LogP contribution is 1.99. The summed E-state index contributed by atoms with van der Waals surface area (Å²) in [5, 5.41) is 11.3. The van der Waals surface area contributed by atoms with Crippen molar-refractivity contribution in [3.05, 3.63) is 12.7 Å². The first-order valence-electron chi connectivity index (χ1n) is 4.80. The third-order valence-electron chi connectivity index (χ3n) is 1.89. The van der Waals surface area contributed by atoms with E-state index in [1.165, 1.54) is 4.90 Å². The molecule has 1 unspecified atom stereocenters. The number of hydrogen-bond donors (Lipinski definition) is 2. The number of nitrogens with zero attached hydrogens (tertiary/aromatic N) is 1. The van der Waals surface area contributed by atoms with E-state index in [9.17, 15) is 9.59 Å². The molecule has 5 heteroatoms. The predicted molar refractivity (Wildman–Crippen MR) is 57.7 cm³/mol. The van der Waals surface area contributed by atoms with E-state index in [0.29, 0.717) is 0 Å². The van der Waals surface area contributed by atoms with Crippen LogP contribution in [0.25, 0.3) is 0 Å². The zero-order valence-electron chi connectivity index (χ0n) is 9.36. The number of rotatable bonds is 5. The summed E-state index contributed by atoms with van der Waals surface area (Å²) in [7, 11) is 0. The summed E-state index contributed by atoms with van der Waals surface area (Å²) in [6.07, 6.45) is 1.58. The molecule has 0 spiro atoms. The number of carboxylic acids is 1. The van der Waals surface area contributed by atoms with Crippen LogP contribution in [-0.2, 0) is 4.79 Å². The molecule has 5 nitrogen and oxygen atoms in total. The van der Waals surface area contributed by atoms with Crippen LogP contribution in [0, 0.1) is 0 Å². The number of hydrogen-bond acceptors (Lipinski definition) is 2. The van der Waals surface area contributed by atoms with Gasteiger partial charge >= 0.3 is 12.0 Å². The van der Waals surface area contributed by atoms with E-state index in [0.717, 1.165) is 0 Å². The minimum absolute atomic E-state index is 0.155. The molecule has 0 saturated heterocycles. The molecule has 0 aromatic rings. The number of carboxylic acid groups (broad SMARTS) is 1. The van der Waals surface area contributed by atoms with E-state index in [2.05, 4.69) is 11.9 Å². The van der Waals surface area contributed by atoms with E-state index in [1.54, 1.807) is 26.8 Å². The molecule has 0 aliphatic carbocycles. The van der Waals surface area contributed by atoms with Gasteiger partial charge in [-0.3, -0.25) is 4.79 Å². The minimum atomic E-state index is -1.02. The smallest absolute Gasteiger partial charge is 0.323 e. The normalized spacial score (nSPS) is 12.0. The average molecular weight is 214 g/mol. The van der Waals surface area contributed by atoms with Gasteiger partial charge in [-0.05, 0) is 20.8 Å². The lowest BCUT2D eigenvalue weighted by Crippen LogP contribution is -2.48. The van der Waals surface area contributed by atoms with Gasteiger partial charge < -0.3 is 15.3 Å². The second-order valence-corrected chi connectivity index (χ2v) is 3.59. The Bertz CT molecular complexity index is 251. The molecule has 0 aliphatic heterocycles. The number of aliphatic carboxylic acids is 1. The third-order valence-corrected chi connectivity index (χ3v) is 1.89. The molecule has 86 valence electrons. The van der Waals surface area contributed by atoms with Crippen LogP contribution >= 0.6 is 0 Å². The molecular formula is C10H18N2O3. The molecule has 0 rings (SSSR count). The van der Waals surface area contributed by atoms with Crippen LogP contribution in [0.15, 0.2) is 12.7 Å².